The molecule has 0 spiro atoms. The number of nitrogens with zero attached hydrogens (tertiary/aromatic N) is 2. The lowest BCUT2D eigenvalue weighted by atomic mass is 9.93. The highest BCUT2D eigenvalue weighted by Gasteiger charge is 2.29. The van der Waals surface area contributed by atoms with Crippen molar-refractivity contribution in [3.8, 4) is 0 Å². The van der Waals surface area contributed by atoms with Crippen LogP contribution in [0.2, 0.25) is 0 Å². The van der Waals surface area contributed by atoms with Crippen LogP contribution in [0.15, 0.2) is 0 Å². The average Bonchev–Trinajstić information content (AvgIpc) is 2.52. The molecule has 0 bridgehead atoms. The Kier molecular flexibility index (Phi) is 6.85. The van der Waals surface area contributed by atoms with Gasteiger partial charge in [-0.25, -0.2) is 16.8 Å². The summed E-state index contributed by atoms with van der Waals surface area (Å²) < 4.78 is 50.3. The number of hydrogen-bond donors (Lipinski definition) is 1. The number of hydrogen-bond acceptors (Lipinski definition) is 5. The van der Waals surface area contributed by atoms with Crippen LogP contribution in [0.1, 0.15) is 25.7 Å². The minimum atomic E-state index is -3.28. The van der Waals surface area contributed by atoms with Crippen LogP contribution in [0.5, 0.6) is 0 Å². The van der Waals surface area contributed by atoms with Crippen LogP contribution < -0.4 is 5.32 Å². The maximum atomic E-state index is 12.3. The molecule has 2 heterocycles. The molecule has 135 valence electrons. The van der Waals surface area contributed by atoms with Gasteiger partial charge in [0.1, 0.15) is 0 Å². The third-order valence-corrected chi connectivity index (χ3v) is 7.81. The fourth-order valence-corrected chi connectivity index (χ4v) is 5.44. The van der Waals surface area contributed by atoms with Crippen molar-refractivity contribution in [2.24, 2.45) is 5.92 Å². The lowest BCUT2D eigenvalue weighted by Crippen LogP contribution is -2.50. The summed E-state index contributed by atoms with van der Waals surface area (Å²) in [4.78, 5) is 0. The SMILES string of the molecule is CS(=O)(=O)N1CCN(S(=O)(=O)CCC[CH]C2CCNCC2)CC1. The first-order valence-corrected chi connectivity index (χ1v) is 11.7. The van der Waals surface area contributed by atoms with E-state index in [1.807, 2.05) is 0 Å². The summed E-state index contributed by atoms with van der Waals surface area (Å²) in [5.74, 6) is 0.755. The summed E-state index contributed by atoms with van der Waals surface area (Å²) in [6.45, 7) is 3.10. The fraction of sp³-hybridized carbons (Fsp3) is 0.929. The summed E-state index contributed by atoms with van der Waals surface area (Å²) in [6.07, 6.45) is 7.16. The number of rotatable bonds is 7. The summed E-state index contributed by atoms with van der Waals surface area (Å²) in [5, 5.41) is 3.32. The van der Waals surface area contributed by atoms with Gasteiger partial charge in [0.2, 0.25) is 20.0 Å². The Balaban J connectivity index is 1.70. The number of unbranched alkanes of at least 4 members (excludes halogenated alkanes) is 1. The van der Waals surface area contributed by atoms with Gasteiger partial charge in [-0.2, -0.15) is 8.61 Å². The Morgan fingerprint density at radius 1 is 1.00 bits per heavy atom. The van der Waals surface area contributed by atoms with Crippen molar-refractivity contribution in [3.63, 3.8) is 0 Å². The van der Waals surface area contributed by atoms with Crippen LogP contribution in [0.4, 0.5) is 0 Å². The third-order valence-electron chi connectivity index (χ3n) is 4.55. The van der Waals surface area contributed by atoms with E-state index in [2.05, 4.69) is 11.7 Å². The molecule has 0 atom stereocenters. The van der Waals surface area contributed by atoms with E-state index in [1.54, 1.807) is 0 Å². The molecule has 0 aromatic rings. The first kappa shape index (κ1) is 19.1. The second kappa shape index (κ2) is 8.24. The van der Waals surface area contributed by atoms with Gasteiger partial charge in [0.15, 0.2) is 0 Å². The average molecular weight is 367 g/mol. The molecule has 0 aromatic carbocycles. The van der Waals surface area contributed by atoms with Gasteiger partial charge < -0.3 is 5.32 Å². The first-order chi connectivity index (χ1) is 10.8. The van der Waals surface area contributed by atoms with Crippen molar-refractivity contribution in [2.45, 2.75) is 25.7 Å². The molecule has 2 rings (SSSR count). The maximum Gasteiger partial charge on any atom is 0.214 e. The van der Waals surface area contributed by atoms with Crippen molar-refractivity contribution in [1.29, 1.82) is 0 Å². The van der Waals surface area contributed by atoms with Gasteiger partial charge in [-0.3, -0.25) is 0 Å². The number of piperidine rings is 1. The minimum Gasteiger partial charge on any atom is -0.317 e. The second-order valence-electron chi connectivity index (χ2n) is 6.34. The predicted octanol–water partition coefficient (Wildman–Crippen LogP) is -0.123. The maximum absolute atomic E-state index is 12.3. The van der Waals surface area contributed by atoms with Crippen molar-refractivity contribution >= 4 is 20.0 Å². The molecular weight excluding hydrogens is 338 g/mol. The van der Waals surface area contributed by atoms with E-state index in [4.69, 9.17) is 0 Å². The molecule has 1 N–H and O–H groups in total. The minimum absolute atomic E-state index is 0.146. The molecule has 0 aromatic heterocycles. The summed E-state index contributed by atoms with van der Waals surface area (Å²) in [7, 11) is -6.50. The molecular formula is C14H28N3O4S2. The second-order valence-corrected chi connectivity index (χ2v) is 10.4. The zero-order chi connectivity index (χ0) is 16.9. The van der Waals surface area contributed by atoms with E-state index < -0.39 is 20.0 Å². The van der Waals surface area contributed by atoms with Gasteiger partial charge >= 0.3 is 0 Å². The van der Waals surface area contributed by atoms with Crippen LogP contribution in [0.3, 0.4) is 0 Å². The van der Waals surface area contributed by atoms with Crippen molar-refractivity contribution in [1.82, 2.24) is 13.9 Å². The number of piperazine rings is 1. The molecule has 9 heteroatoms. The zero-order valence-corrected chi connectivity index (χ0v) is 15.4. The smallest absolute Gasteiger partial charge is 0.214 e. The molecule has 2 aliphatic rings. The molecule has 2 saturated heterocycles. The number of sulfonamides is 2. The van der Waals surface area contributed by atoms with Crippen LogP contribution in [0, 0.1) is 12.3 Å². The topological polar surface area (TPSA) is 86.8 Å². The quantitative estimate of drug-likeness (QED) is 0.635. The summed E-state index contributed by atoms with van der Waals surface area (Å²) in [5.41, 5.74) is 0. The van der Waals surface area contributed by atoms with Crippen LogP contribution >= 0.6 is 0 Å². The summed E-state index contributed by atoms with van der Waals surface area (Å²) in [6, 6.07) is 0. The zero-order valence-electron chi connectivity index (χ0n) is 13.8. The first-order valence-electron chi connectivity index (χ1n) is 8.26. The lowest BCUT2D eigenvalue weighted by Gasteiger charge is -2.32. The molecule has 2 fully saturated rings. The van der Waals surface area contributed by atoms with Gasteiger partial charge in [-0.05, 0) is 51.1 Å². The van der Waals surface area contributed by atoms with E-state index in [0.717, 1.165) is 38.6 Å². The molecule has 0 aliphatic carbocycles. The van der Waals surface area contributed by atoms with Gasteiger partial charge in [-0.15, -0.1) is 0 Å². The van der Waals surface area contributed by atoms with E-state index in [1.165, 1.54) is 8.61 Å². The highest BCUT2D eigenvalue weighted by Crippen LogP contribution is 2.18. The predicted molar refractivity (Wildman–Crippen MR) is 90.9 cm³/mol. The molecule has 7 nitrogen and oxygen atoms in total. The van der Waals surface area contributed by atoms with Gasteiger partial charge in [0, 0.05) is 26.2 Å². The monoisotopic (exact) mass is 366 g/mol. The van der Waals surface area contributed by atoms with E-state index in [-0.39, 0.29) is 31.9 Å². The summed E-state index contributed by atoms with van der Waals surface area (Å²) >= 11 is 0. The van der Waals surface area contributed by atoms with Gasteiger partial charge in [-0.1, -0.05) is 0 Å². The Labute approximate surface area is 140 Å². The Morgan fingerprint density at radius 2 is 1.57 bits per heavy atom. The van der Waals surface area contributed by atoms with Gasteiger partial charge in [0.05, 0.1) is 12.0 Å². The van der Waals surface area contributed by atoms with Crippen LogP contribution in [-0.4, -0.2) is 76.7 Å². The van der Waals surface area contributed by atoms with E-state index in [9.17, 15) is 16.8 Å². The third kappa shape index (κ3) is 5.97. The molecule has 0 amide bonds. The van der Waals surface area contributed by atoms with Crippen molar-refractivity contribution in [2.75, 3.05) is 51.3 Å². The normalized spacial score (nSPS) is 23.2. The Bertz CT molecular complexity index is 563. The number of nitrogens with one attached hydrogen (secondary N) is 1. The molecule has 1 radical (unpaired) electrons. The van der Waals surface area contributed by atoms with Crippen LogP contribution in [0.25, 0.3) is 0 Å². The van der Waals surface area contributed by atoms with Gasteiger partial charge in [0.25, 0.3) is 0 Å². The van der Waals surface area contributed by atoms with Crippen molar-refractivity contribution < 1.29 is 16.8 Å². The molecule has 0 unspecified atom stereocenters. The van der Waals surface area contributed by atoms with E-state index in [0.29, 0.717) is 12.3 Å². The Hall–Kier alpha value is -0.220. The van der Waals surface area contributed by atoms with Crippen LogP contribution in [-0.2, 0) is 20.0 Å². The molecule has 2 aliphatic heterocycles. The van der Waals surface area contributed by atoms with Crippen molar-refractivity contribution in [3.05, 3.63) is 6.42 Å². The molecule has 23 heavy (non-hydrogen) atoms. The highest BCUT2D eigenvalue weighted by molar-refractivity contribution is 7.89. The molecule has 0 saturated carbocycles. The Morgan fingerprint density at radius 3 is 2.13 bits per heavy atom. The standard InChI is InChI=1S/C14H28N3O4S2/c1-22(18,19)16-9-11-17(12-10-16)23(20,21)13-3-2-4-14-5-7-15-8-6-14/h4,14-15H,2-3,5-13H2,1H3. The van der Waals surface area contributed by atoms with E-state index >= 15 is 0 Å². The lowest BCUT2D eigenvalue weighted by molar-refractivity contribution is 0.274. The highest BCUT2D eigenvalue weighted by atomic mass is 32.2. The largest absolute Gasteiger partial charge is 0.317 e. The fourth-order valence-electron chi connectivity index (χ4n) is 3.11.